The van der Waals surface area contributed by atoms with E-state index in [0.29, 0.717) is 12.6 Å². The average Bonchev–Trinajstić information content (AvgIpc) is 2.99. The Kier molecular flexibility index (Phi) is 4.88. The molecule has 0 saturated heterocycles. The van der Waals surface area contributed by atoms with E-state index in [1.165, 1.54) is 5.56 Å². The van der Waals surface area contributed by atoms with Gasteiger partial charge >= 0.3 is 0 Å². The first-order valence-electron chi connectivity index (χ1n) is 8.86. The predicted molar refractivity (Wildman–Crippen MR) is 96.4 cm³/mol. The Morgan fingerprint density at radius 3 is 2.69 bits per heavy atom. The summed E-state index contributed by atoms with van der Waals surface area (Å²) in [5.74, 6) is 2.63. The molecule has 1 atom stereocenters. The van der Waals surface area contributed by atoms with Crippen LogP contribution in [-0.4, -0.2) is 42.2 Å². The van der Waals surface area contributed by atoms with Gasteiger partial charge in [0.05, 0.1) is 6.20 Å². The fourth-order valence-electron chi connectivity index (χ4n) is 3.27. The quantitative estimate of drug-likeness (QED) is 0.702. The van der Waals surface area contributed by atoms with Crippen LogP contribution in [0.3, 0.4) is 0 Å². The number of aromatic nitrogens is 5. The number of nitrogens with zero attached hydrogens (tertiary/aromatic N) is 6. The van der Waals surface area contributed by atoms with Crippen molar-refractivity contribution in [3.05, 3.63) is 66.3 Å². The van der Waals surface area contributed by atoms with Crippen molar-refractivity contribution in [2.24, 2.45) is 0 Å². The van der Waals surface area contributed by atoms with Crippen LogP contribution in [0.25, 0.3) is 0 Å². The fraction of sp³-hybridized carbons (Fsp3) is 0.368. The maximum atomic E-state index is 5.80. The van der Waals surface area contributed by atoms with Crippen LogP contribution in [-0.2, 0) is 26.1 Å². The molecule has 4 heterocycles. The zero-order valence-electron chi connectivity index (χ0n) is 14.8. The highest BCUT2D eigenvalue weighted by molar-refractivity contribution is 5.16. The van der Waals surface area contributed by atoms with E-state index in [0.717, 1.165) is 43.5 Å². The van der Waals surface area contributed by atoms with E-state index in [-0.39, 0.29) is 0 Å². The minimum Gasteiger partial charge on any atom is -0.484 e. The molecule has 4 rings (SSSR count). The predicted octanol–water partition coefficient (Wildman–Crippen LogP) is 2.09. The second kappa shape index (κ2) is 7.61. The number of fused-ring (bicyclic) bond motifs is 1. The molecule has 3 aromatic heterocycles. The number of rotatable bonds is 5. The molecule has 1 aliphatic rings. The van der Waals surface area contributed by atoms with E-state index in [9.17, 15) is 0 Å². The lowest BCUT2D eigenvalue weighted by Crippen LogP contribution is -2.34. The minimum atomic E-state index is 0.396. The van der Waals surface area contributed by atoms with E-state index < -0.39 is 0 Å². The normalized spacial score (nSPS) is 17.5. The lowest BCUT2D eigenvalue weighted by molar-refractivity contribution is 0.201. The van der Waals surface area contributed by atoms with E-state index in [2.05, 4.69) is 42.6 Å². The van der Waals surface area contributed by atoms with Crippen molar-refractivity contribution in [3.63, 3.8) is 0 Å². The molecule has 0 aromatic carbocycles. The molecule has 0 amide bonds. The van der Waals surface area contributed by atoms with Gasteiger partial charge in [0, 0.05) is 50.7 Å². The Morgan fingerprint density at radius 1 is 1.08 bits per heavy atom. The topological polar surface area (TPSA) is 69.0 Å². The standard InChI is InChI=1S/C19H22N6O/c1-15-10-18-22-23-19(14-26-17-5-3-7-21-12-17)25(18)9-8-24(15)13-16-4-2-6-20-11-16/h2-7,11-12,15H,8-10,13-14H2,1H3/t15-/m0/s1. The third-order valence-electron chi connectivity index (χ3n) is 4.73. The van der Waals surface area contributed by atoms with Crippen molar-refractivity contribution in [1.82, 2.24) is 29.6 Å². The Labute approximate surface area is 152 Å². The summed E-state index contributed by atoms with van der Waals surface area (Å²) in [6.45, 7) is 5.34. The second-order valence-electron chi connectivity index (χ2n) is 6.55. The summed E-state index contributed by atoms with van der Waals surface area (Å²) in [5.41, 5.74) is 1.23. The van der Waals surface area contributed by atoms with Crippen LogP contribution in [0.2, 0.25) is 0 Å². The summed E-state index contributed by atoms with van der Waals surface area (Å²) in [4.78, 5) is 10.8. The van der Waals surface area contributed by atoms with Crippen LogP contribution in [0, 0.1) is 0 Å². The Morgan fingerprint density at radius 2 is 1.92 bits per heavy atom. The van der Waals surface area contributed by atoms with Crippen LogP contribution in [0.15, 0.2) is 49.1 Å². The van der Waals surface area contributed by atoms with Gasteiger partial charge in [0.1, 0.15) is 18.2 Å². The van der Waals surface area contributed by atoms with Crippen molar-refractivity contribution in [1.29, 1.82) is 0 Å². The van der Waals surface area contributed by atoms with Gasteiger partial charge in [0.25, 0.3) is 0 Å². The fourth-order valence-corrected chi connectivity index (χ4v) is 3.27. The molecule has 26 heavy (non-hydrogen) atoms. The molecule has 0 unspecified atom stereocenters. The first-order chi connectivity index (χ1) is 12.8. The van der Waals surface area contributed by atoms with Crippen molar-refractivity contribution in [2.75, 3.05) is 6.54 Å². The van der Waals surface area contributed by atoms with Gasteiger partial charge in [0.2, 0.25) is 0 Å². The molecule has 7 heteroatoms. The molecule has 0 radical (unpaired) electrons. The van der Waals surface area contributed by atoms with Gasteiger partial charge in [0.15, 0.2) is 5.82 Å². The summed E-state index contributed by atoms with van der Waals surface area (Å²) < 4.78 is 7.99. The van der Waals surface area contributed by atoms with E-state index >= 15 is 0 Å². The van der Waals surface area contributed by atoms with E-state index in [1.807, 2.05) is 30.6 Å². The van der Waals surface area contributed by atoms with E-state index in [1.54, 1.807) is 12.4 Å². The van der Waals surface area contributed by atoms with Crippen LogP contribution >= 0.6 is 0 Å². The Bertz CT molecular complexity index is 836. The summed E-state index contributed by atoms with van der Waals surface area (Å²) >= 11 is 0. The molecule has 134 valence electrons. The zero-order valence-corrected chi connectivity index (χ0v) is 14.8. The largest absolute Gasteiger partial charge is 0.484 e. The van der Waals surface area contributed by atoms with Crippen molar-refractivity contribution >= 4 is 0 Å². The molecular weight excluding hydrogens is 328 g/mol. The molecule has 1 aliphatic heterocycles. The Balaban J connectivity index is 1.44. The Hall–Kier alpha value is -2.80. The third kappa shape index (κ3) is 3.72. The second-order valence-corrected chi connectivity index (χ2v) is 6.55. The molecule has 0 saturated carbocycles. The van der Waals surface area contributed by atoms with Crippen molar-refractivity contribution in [3.8, 4) is 5.75 Å². The highest BCUT2D eigenvalue weighted by Gasteiger charge is 2.24. The van der Waals surface area contributed by atoms with Crippen LogP contribution in [0.1, 0.15) is 24.1 Å². The lowest BCUT2D eigenvalue weighted by Gasteiger charge is -2.26. The van der Waals surface area contributed by atoms with Gasteiger partial charge < -0.3 is 9.30 Å². The zero-order chi connectivity index (χ0) is 17.8. The smallest absolute Gasteiger partial charge is 0.171 e. The van der Waals surface area contributed by atoms with Crippen LogP contribution in [0.4, 0.5) is 0 Å². The first-order valence-corrected chi connectivity index (χ1v) is 8.86. The van der Waals surface area contributed by atoms with Crippen LogP contribution in [0.5, 0.6) is 5.75 Å². The third-order valence-corrected chi connectivity index (χ3v) is 4.73. The summed E-state index contributed by atoms with van der Waals surface area (Å²) in [6, 6.07) is 8.26. The summed E-state index contributed by atoms with van der Waals surface area (Å²) in [5, 5.41) is 8.74. The lowest BCUT2D eigenvalue weighted by atomic mass is 10.1. The summed E-state index contributed by atoms with van der Waals surface area (Å²) in [7, 11) is 0. The van der Waals surface area contributed by atoms with Gasteiger partial charge in [-0.05, 0) is 30.7 Å². The first kappa shape index (κ1) is 16.7. The maximum Gasteiger partial charge on any atom is 0.171 e. The molecular formula is C19H22N6O. The van der Waals surface area contributed by atoms with Crippen molar-refractivity contribution in [2.45, 2.75) is 39.1 Å². The number of ether oxygens (including phenoxy) is 1. The van der Waals surface area contributed by atoms with Gasteiger partial charge in [-0.3, -0.25) is 14.9 Å². The number of pyridine rings is 2. The molecule has 0 aliphatic carbocycles. The van der Waals surface area contributed by atoms with Gasteiger partial charge in [-0.15, -0.1) is 10.2 Å². The maximum absolute atomic E-state index is 5.80. The summed E-state index contributed by atoms with van der Waals surface area (Å²) in [6.07, 6.45) is 8.06. The average molecular weight is 350 g/mol. The SMILES string of the molecule is C[C@H]1Cc2nnc(COc3cccnc3)n2CCN1Cc1cccnc1. The molecule has 0 N–H and O–H groups in total. The molecule has 3 aromatic rings. The monoisotopic (exact) mass is 350 g/mol. The van der Waals surface area contributed by atoms with Crippen LogP contribution < -0.4 is 4.74 Å². The highest BCUT2D eigenvalue weighted by Crippen LogP contribution is 2.18. The molecule has 0 fully saturated rings. The highest BCUT2D eigenvalue weighted by atomic mass is 16.5. The van der Waals surface area contributed by atoms with Gasteiger partial charge in [-0.25, -0.2) is 0 Å². The molecule has 0 bridgehead atoms. The minimum absolute atomic E-state index is 0.396. The van der Waals surface area contributed by atoms with Crippen molar-refractivity contribution < 1.29 is 4.74 Å². The number of hydrogen-bond acceptors (Lipinski definition) is 6. The van der Waals surface area contributed by atoms with Gasteiger partial charge in [-0.1, -0.05) is 6.07 Å². The number of hydrogen-bond donors (Lipinski definition) is 0. The van der Waals surface area contributed by atoms with E-state index in [4.69, 9.17) is 4.74 Å². The molecule has 7 nitrogen and oxygen atoms in total. The molecule has 0 spiro atoms. The van der Waals surface area contributed by atoms with Gasteiger partial charge in [-0.2, -0.15) is 0 Å².